The lowest BCUT2D eigenvalue weighted by Crippen LogP contribution is -2.31. The second kappa shape index (κ2) is 9.94. The number of rotatable bonds is 1. The van der Waals surface area contributed by atoms with Gasteiger partial charge in [0, 0.05) is 13.0 Å². The Morgan fingerprint density at radius 3 is 2.60 bits per heavy atom. The van der Waals surface area contributed by atoms with Gasteiger partial charge in [0.15, 0.2) is 5.78 Å². The summed E-state index contributed by atoms with van der Waals surface area (Å²) in [5.74, 6) is 3.86. The number of allylic oxidation sites excluding steroid dienone is 3. The summed E-state index contributed by atoms with van der Waals surface area (Å²) in [4.78, 5) is 37.9. The molecule has 3 N–H and O–H groups in total. The van der Waals surface area contributed by atoms with Gasteiger partial charge in [-0.05, 0) is 91.9 Å². The summed E-state index contributed by atoms with van der Waals surface area (Å²) in [5.41, 5.74) is -0.0478. The molecule has 6 nitrogen and oxygen atoms in total. The molecule has 5 aliphatic rings. The number of aliphatic hydroxyl groups excluding tert-OH is 1. The van der Waals surface area contributed by atoms with Crippen molar-refractivity contribution in [2.75, 3.05) is 6.54 Å². The van der Waals surface area contributed by atoms with E-state index >= 15 is 0 Å². The maximum absolute atomic E-state index is 13.1. The second-order valence-corrected chi connectivity index (χ2v) is 11.6. The summed E-state index contributed by atoms with van der Waals surface area (Å²) >= 11 is 0. The van der Waals surface area contributed by atoms with E-state index in [-0.39, 0.29) is 29.4 Å². The van der Waals surface area contributed by atoms with Gasteiger partial charge in [-0.1, -0.05) is 38.5 Å². The number of aliphatic hydroxyl groups is 1. The van der Waals surface area contributed by atoms with Gasteiger partial charge in [0.05, 0.1) is 6.04 Å². The Balaban J connectivity index is 1.39. The van der Waals surface area contributed by atoms with Crippen LogP contribution in [0.25, 0.3) is 0 Å². The summed E-state index contributed by atoms with van der Waals surface area (Å²) in [7, 11) is 0. The number of ketones is 1. The van der Waals surface area contributed by atoms with E-state index in [0.717, 1.165) is 31.1 Å². The Morgan fingerprint density at radius 2 is 1.80 bits per heavy atom. The van der Waals surface area contributed by atoms with Crippen molar-refractivity contribution in [2.24, 2.45) is 47.3 Å². The molecule has 2 amide bonds. The van der Waals surface area contributed by atoms with Crippen molar-refractivity contribution in [1.29, 1.82) is 0 Å². The number of nitrogens with one attached hydrogen (secondary N) is 2. The first kappa shape index (κ1) is 24.3. The fourth-order valence-electron chi connectivity index (χ4n) is 8.29. The van der Waals surface area contributed by atoms with Crippen LogP contribution in [0.3, 0.4) is 0 Å². The minimum atomic E-state index is -0.540. The second-order valence-electron chi connectivity index (χ2n) is 11.6. The Morgan fingerprint density at radius 1 is 1.03 bits per heavy atom. The average molecular weight is 481 g/mol. The first-order valence-electron chi connectivity index (χ1n) is 13.8. The van der Waals surface area contributed by atoms with Crippen LogP contribution in [0.4, 0.5) is 0 Å². The molecule has 5 rings (SSSR count). The lowest BCUT2D eigenvalue weighted by molar-refractivity contribution is -0.122. The molecule has 0 aromatic carbocycles. The molecule has 0 radical (unpaired) electrons. The van der Waals surface area contributed by atoms with Gasteiger partial charge in [0.25, 0.3) is 5.91 Å². The molecule has 2 saturated carbocycles. The number of carbonyl (C=O) groups excluding carboxylic acids is 3. The highest BCUT2D eigenvalue weighted by Gasteiger charge is 2.52. The molecule has 6 heteroatoms. The number of amides is 2. The summed E-state index contributed by atoms with van der Waals surface area (Å²) in [5, 5.41) is 16.3. The van der Waals surface area contributed by atoms with Gasteiger partial charge in [-0.25, -0.2) is 0 Å². The van der Waals surface area contributed by atoms with Crippen LogP contribution >= 0.6 is 0 Å². The summed E-state index contributed by atoms with van der Waals surface area (Å²) in [6, 6.07) is -0.540. The molecular formula is C29H40N2O4. The van der Waals surface area contributed by atoms with Gasteiger partial charge >= 0.3 is 0 Å². The maximum atomic E-state index is 13.1. The van der Waals surface area contributed by atoms with Crippen molar-refractivity contribution < 1.29 is 19.5 Å². The molecule has 0 aromatic rings. The van der Waals surface area contributed by atoms with E-state index in [1.165, 1.54) is 12.8 Å². The highest BCUT2D eigenvalue weighted by molar-refractivity contribution is 6.21. The number of hydrogen-bond acceptors (Lipinski definition) is 4. The first-order chi connectivity index (χ1) is 16.9. The van der Waals surface area contributed by atoms with Crippen molar-refractivity contribution >= 4 is 17.6 Å². The Bertz CT molecular complexity index is 966. The van der Waals surface area contributed by atoms with Gasteiger partial charge < -0.3 is 15.7 Å². The SMILES string of the molecule is CC[C@H]1[C@@H]2C=C[C@@H]3[C@H]4C/C=C\C(=O)NCCC[C@@H]5NC(=O)C(=C5O)C(=O)CC[C@@H]4C[C@@H]3[C@H]2C[C@H]1C. The third-order valence-electron chi connectivity index (χ3n) is 9.90. The zero-order chi connectivity index (χ0) is 24.7. The largest absolute Gasteiger partial charge is 0.509 e. The van der Waals surface area contributed by atoms with E-state index in [9.17, 15) is 19.5 Å². The fourth-order valence-corrected chi connectivity index (χ4v) is 8.29. The summed E-state index contributed by atoms with van der Waals surface area (Å²) in [6.07, 6.45) is 15.2. The van der Waals surface area contributed by atoms with Crippen LogP contribution in [-0.2, 0) is 14.4 Å². The molecular weight excluding hydrogens is 440 g/mol. The quantitative estimate of drug-likeness (QED) is 0.386. The molecule has 2 fully saturated rings. The van der Waals surface area contributed by atoms with Crippen molar-refractivity contribution in [2.45, 2.75) is 71.3 Å². The topological polar surface area (TPSA) is 95.5 Å². The fraction of sp³-hybridized carbons (Fsp3) is 0.690. The lowest BCUT2D eigenvalue weighted by atomic mass is 9.69. The van der Waals surface area contributed by atoms with Crippen LogP contribution in [-0.4, -0.2) is 35.3 Å². The van der Waals surface area contributed by atoms with Crippen LogP contribution in [0.15, 0.2) is 35.6 Å². The van der Waals surface area contributed by atoms with Crippen LogP contribution in [0.1, 0.15) is 65.2 Å². The van der Waals surface area contributed by atoms with Gasteiger partial charge in [-0.3, -0.25) is 14.4 Å². The minimum absolute atomic E-state index is 0.0478. The van der Waals surface area contributed by atoms with Gasteiger partial charge in [0.1, 0.15) is 11.3 Å². The first-order valence-corrected chi connectivity index (χ1v) is 13.8. The van der Waals surface area contributed by atoms with E-state index in [1.54, 1.807) is 6.08 Å². The molecule has 2 bridgehead atoms. The molecule has 9 atom stereocenters. The maximum Gasteiger partial charge on any atom is 0.259 e. The van der Waals surface area contributed by atoms with E-state index in [4.69, 9.17) is 0 Å². The third-order valence-corrected chi connectivity index (χ3v) is 9.90. The Labute approximate surface area is 208 Å². The van der Waals surface area contributed by atoms with Crippen LogP contribution in [0.5, 0.6) is 0 Å². The minimum Gasteiger partial charge on any atom is -0.509 e. The molecule has 0 unspecified atom stereocenters. The van der Waals surface area contributed by atoms with E-state index in [1.807, 2.05) is 6.08 Å². The predicted molar refractivity (Wildman–Crippen MR) is 134 cm³/mol. The number of hydrogen-bond donors (Lipinski definition) is 3. The molecule has 190 valence electrons. The monoisotopic (exact) mass is 480 g/mol. The standard InChI is InChI=1S/C29H40N2O4/c1-3-18-16(2)14-22-20(18)10-11-21-19-6-4-8-26(33)30-13-5-7-24-28(34)27(29(35)31-24)25(32)12-9-17(19)15-23(21)22/h4,8,10-11,16-24,34H,3,5-7,9,12-15H2,1-2H3,(H,30,33)(H,31,35)/b8-4-/t16-,17-,18-,19+,20+,21-,22+,23+,24+/m1/s1. The highest BCUT2D eigenvalue weighted by Crippen LogP contribution is 2.59. The lowest BCUT2D eigenvalue weighted by Gasteiger charge is -2.35. The summed E-state index contributed by atoms with van der Waals surface area (Å²) < 4.78 is 0. The van der Waals surface area contributed by atoms with Crippen LogP contribution < -0.4 is 10.6 Å². The smallest absolute Gasteiger partial charge is 0.259 e. The molecule has 2 aliphatic heterocycles. The number of Topliss-reactive ketones (excluding diaryl/α,β-unsaturated/α-hetero) is 1. The van der Waals surface area contributed by atoms with Crippen LogP contribution in [0, 0.1) is 47.3 Å². The predicted octanol–water partition coefficient (Wildman–Crippen LogP) is 4.24. The van der Waals surface area contributed by atoms with Crippen molar-refractivity contribution in [3.05, 3.63) is 35.6 Å². The Hall–Kier alpha value is -2.37. The van der Waals surface area contributed by atoms with Crippen molar-refractivity contribution in [3.63, 3.8) is 0 Å². The molecule has 0 saturated heterocycles. The normalized spacial score (nSPS) is 42.8. The molecule has 0 spiro atoms. The van der Waals surface area contributed by atoms with E-state index in [2.05, 4.69) is 36.6 Å². The van der Waals surface area contributed by atoms with E-state index < -0.39 is 11.9 Å². The molecule has 35 heavy (non-hydrogen) atoms. The van der Waals surface area contributed by atoms with Gasteiger partial charge in [0.2, 0.25) is 5.91 Å². The van der Waals surface area contributed by atoms with Gasteiger partial charge in [-0.2, -0.15) is 0 Å². The molecule has 2 heterocycles. The average Bonchev–Trinajstić information content (AvgIpc) is 3.44. The number of carbonyl (C=O) groups is 3. The number of fused-ring (bicyclic) bond motifs is 6. The van der Waals surface area contributed by atoms with E-state index in [0.29, 0.717) is 54.9 Å². The Kier molecular flexibility index (Phi) is 6.91. The van der Waals surface area contributed by atoms with Crippen molar-refractivity contribution in [3.8, 4) is 0 Å². The van der Waals surface area contributed by atoms with Gasteiger partial charge in [-0.15, -0.1) is 0 Å². The zero-order valence-corrected chi connectivity index (χ0v) is 21.0. The highest BCUT2D eigenvalue weighted by atomic mass is 16.3. The van der Waals surface area contributed by atoms with Crippen molar-refractivity contribution in [1.82, 2.24) is 10.6 Å². The zero-order valence-electron chi connectivity index (χ0n) is 21.0. The third kappa shape index (κ3) is 4.49. The molecule has 3 aliphatic carbocycles. The molecule has 0 aromatic heterocycles. The summed E-state index contributed by atoms with van der Waals surface area (Å²) in [6.45, 7) is 5.19. The van der Waals surface area contributed by atoms with Crippen LogP contribution in [0.2, 0.25) is 0 Å².